The fraction of sp³-hybridized carbons (Fsp3) is 0.389. The highest BCUT2D eigenvalue weighted by atomic mass is 32.1. The number of nitrogens with zero attached hydrogens (tertiary/aromatic N) is 5. The molecule has 3 rings (SSSR count). The van der Waals surface area contributed by atoms with Crippen LogP contribution in [0.2, 0.25) is 0 Å². The highest BCUT2D eigenvalue weighted by Gasteiger charge is 2.18. The molecule has 2 aromatic heterocycles. The molecule has 5 nitrogen and oxygen atoms in total. The lowest BCUT2D eigenvalue weighted by Gasteiger charge is -2.16. The maximum absolute atomic E-state index is 4.59. The van der Waals surface area contributed by atoms with Crippen molar-refractivity contribution in [3.8, 4) is 0 Å². The van der Waals surface area contributed by atoms with Crippen LogP contribution < -0.4 is 9.47 Å². The van der Waals surface area contributed by atoms with Gasteiger partial charge in [0.05, 0.1) is 17.7 Å². The summed E-state index contributed by atoms with van der Waals surface area (Å²) in [4.78, 5) is 2.33. The maximum Gasteiger partial charge on any atom is 0.410 e. The number of thiazole rings is 1. The van der Waals surface area contributed by atoms with Crippen LogP contribution in [-0.2, 0) is 14.1 Å². The molecule has 6 heteroatoms. The minimum absolute atomic E-state index is 0.907. The Hall–Kier alpha value is -2.21. The van der Waals surface area contributed by atoms with E-state index in [0.717, 1.165) is 35.0 Å². The molecule has 0 fully saturated rings. The summed E-state index contributed by atoms with van der Waals surface area (Å²) >= 11 is 1.68. The van der Waals surface area contributed by atoms with Gasteiger partial charge in [0.15, 0.2) is 0 Å². The number of anilines is 1. The quantitative estimate of drug-likeness (QED) is 0.492. The Morgan fingerprint density at radius 3 is 2.58 bits per heavy atom. The Balaban J connectivity index is 1.99. The Labute approximate surface area is 146 Å². The molecular formula is C18H24N5S+. The lowest BCUT2D eigenvalue weighted by molar-refractivity contribution is -0.653. The number of aromatic nitrogens is 2. The molecular weight excluding hydrogens is 318 g/mol. The van der Waals surface area contributed by atoms with Crippen molar-refractivity contribution in [1.29, 1.82) is 0 Å². The Morgan fingerprint density at radius 2 is 1.88 bits per heavy atom. The topological polar surface area (TPSA) is 36.8 Å². The van der Waals surface area contributed by atoms with Crippen LogP contribution >= 0.6 is 11.3 Å². The molecule has 2 heterocycles. The second-order valence-corrected chi connectivity index (χ2v) is 6.83. The summed E-state index contributed by atoms with van der Waals surface area (Å²) in [6.07, 6.45) is 2.13. The molecule has 0 aliphatic carbocycles. The zero-order valence-corrected chi connectivity index (χ0v) is 15.8. The molecule has 1 aromatic carbocycles. The fourth-order valence-corrected chi connectivity index (χ4v) is 3.97. The molecule has 0 N–H and O–H groups in total. The molecule has 0 aliphatic rings. The van der Waals surface area contributed by atoms with E-state index in [2.05, 4.69) is 71.9 Å². The van der Waals surface area contributed by atoms with Crippen LogP contribution in [0.25, 0.3) is 10.9 Å². The predicted molar refractivity (Wildman–Crippen MR) is 101 cm³/mol. The normalized spacial score (nSPS) is 11.7. The standard InChI is InChI=1S/C18H24N5S/c1-6-23(7-2)16-12-21(4)18(24-16)20-19-17-13(3)22(5)15-11-9-8-10-14(15)17/h8-12H,6-7H2,1-5H3/q+1. The third kappa shape index (κ3) is 2.82. The van der Waals surface area contributed by atoms with E-state index >= 15 is 0 Å². The Morgan fingerprint density at radius 1 is 1.17 bits per heavy atom. The minimum atomic E-state index is 0.907. The van der Waals surface area contributed by atoms with Gasteiger partial charge in [0.2, 0.25) is 0 Å². The van der Waals surface area contributed by atoms with Gasteiger partial charge in [0.1, 0.15) is 16.9 Å². The second-order valence-electron chi connectivity index (χ2n) is 5.85. The first kappa shape index (κ1) is 16.6. The van der Waals surface area contributed by atoms with Crippen LogP contribution in [0, 0.1) is 6.92 Å². The van der Waals surface area contributed by atoms with Crippen molar-refractivity contribution in [3.05, 3.63) is 36.2 Å². The van der Waals surface area contributed by atoms with Gasteiger partial charge >= 0.3 is 5.13 Å². The van der Waals surface area contributed by atoms with Crippen molar-refractivity contribution in [2.45, 2.75) is 20.8 Å². The zero-order valence-electron chi connectivity index (χ0n) is 14.9. The maximum atomic E-state index is 4.59. The molecule has 0 amide bonds. The van der Waals surface area contributed by atoms with Gasteiger partial charge in [-0.05, 0) is 43.3 Å². The number of fused-ring (bicyclic) bond motifs is 1. The summed E-state index contributed by atoms with van der Waals surface area (Å²) in [6.45, 7) is 8.42. The van der Waals surface area contributed by atoms with Gasteiger partial charge in [0.25, 0.3) is 0 Å². The van der Waals surface area contributed by atoms with Crippen molar-refractivity contribution in [1.82, 2.24) is 4.57 Å². The Kier molecular flexibility index (Phi) is 4.66. The summed E-state index contributed by atoms with van der Waals surface area (Å²) in [5.41, 5.74) is 3.26. The van der Waals surface area contributed by atoms with Crippen LogP contribution in [0.15, 0.2) is 40.7 Å². The highest BCUT2D eigenvalue weighted by molar-refractivity contribution is 7.18. The molecule has 0 saturated heterocycles. The zero-order chi connectivity index (χ0) is 17.3. The summed E-state index contributed by atoms with van der Waals surface area (Å²) in [6, 6.07) is 8.32. The summed E-state index contributed by atoms with van der Waals surface area (Å²) in [5, 5.41) is 12.4. The monoisotopic (exact) mass is 342 g/mol. The van der Waals surface area contributed by atoms with Crippen molar-refractivity contribution in [2.75, 3.05) is 18.0 Å². The lowest BCUT2D eigenvalue weighted by Crippen LogP contribution is -2.26. The third-order valence-electron chi connectivity index (χ3n) is 4.48. The van der Waals surface area contributed by atoms with Crippen molar-refractivity contribution >= 4 is 38.1 Å². The van der Waals surface area contributed by atoms with E-state index in [0.29, 0.717) is 0 Å². The SMILES string of the molecule is CCN(CC)c1c[n+](C)c(N=Nc2c(C)n(C)c3ccccc23)s1. The number of azo groups is 1. The minimum Gasteiger partial charge on any atom is -0.361 e. The second kappa shape index (κ2) is 6.73. The number of para-hydroxylation sites is 1. The smallest absolute Gasteiger partial charge is 0.361 e. The fourth-order valence-electron chi connectivity index (χ4n) is 2.90. The number of aryl methyl sites for hydroxylation is 2. The van der Waals surface area contributed by atoms with Gasteiger partial charge in [-0.25, -0.2) is 4.57 Å². The molecule has 0 bridgehead atoms. The van der Waals surface area contributed by atoms with Gasteiger partial charge in [-0.15, -0.1) is 0 Å². The molecule has 0 unspecified atom stereocenters. The van der Waals surface area contributed by atoms with Crippen LogP contribution in [0.1, 0.15) is 19.5 Å². The summed E-state index contributed by atoms with van der Waals surface area (Å²) in [5.74, 6) is 0. The number of benzene rings is 1. The number of hydrogen-bond donors (Lipinski definition) is 0. The lowest BCUT2D eigenvalue weighted by atomic mass is 10.2. The molecule has 3 aromatic rings. The van der Waals surface area contributed by atoms with Gasteiger partial charge in [-0.2, -0.15) is 0 Å². The van der Waals surface area contributed by atoms with Crippen LogP contribution in [0.3, 0.4) is 0 Å². The van der Waals surface area contributed by atoms with E-state index in [1.165, 1.54) is 10.5 Å². The molecule has 0 radical (unpaired) electrons. The summed E-state index contributed by atoms with van der Waals surface area (Å²) < 4.78 is 4.21. The van der Waals surface area contributed by atoms with Crippen LogP contribution in [-0.4, -0.2) is 17.7 Å². The van der Waals surface area contributed by atoms with E-state index in [-0.39, 0.29) is 0 Å². The van der Waals surface area contributed by atoms with Crippen molar-refractivity contribution in [3.63, 3.8) is 0 Å². The summed E-state index contributed by atoms with van der Waals surface area (Å²) in [7, 11) is 4.09. The first-order valence-corrected chi connectivity index (χ1v) is 9.08. The molecule has 0 atom stereocenters. The molecule has 0 saturated carbocycles. The van der Waals surface area contributed by atoms with Crippen molar-refractivity contribution < 1.29 is 4.57 Å². The van der Waals surface area contributed by atoms with E-state index in [4.69, 9.17) is 0 Å². The van der Waals surface area contributed by atoms with E-state index < -0.39 is 0 Å². The van der Waals surface area contributed by atoms with E-state index in [9.17, 15) is 0 Å². The highest BCUT2D eigenvalue weighted by Crippen LogP contribution is 2.34. The number of rotatable bonds is 5. The first-order valence-electron chi connectivity index (χ1n) is 8.27. The van der Waals surface area contributed by atoms with E-state index in [1.807, 2.05) is 17.7 Å². The van der Waals surface area contributed by atoms with Gasteiger partial charge in [-0.1, -0.05) is 18.2 Å². The van der Waals surface area contributed by atoms with Gasteiger partial charge in [0, 0.05) is 31.2 Å². The molecule has 0 aliphatic heterocycles. The van der Waals surface area contributed by atoms with Crippen molar-refractivity contribution in [2.24, 2.45) is 24.3 Å². The van der Waals surface area contributed by atoms with Crippen LogP contribution in [0.4, 0.5) is 15.8 Å². The molecule has 0 spiro atoms. The molecule has 126 valence electrons. The molecule has 24 heavy (non-hydrogen) atoms. The Bertz CT molecular complexity index is 886. The number of hydrogen-bond acceptors (Lipinski definition) is 4. The van der Waals surface area contributed by atoms with E-state index in [1.54, 1.807) is 11.3 Å². The van der Waals surface area contributed by atoms with Crippen LogP contribution in [0.5, 0.6) is 0 Å². The average molecular weight is 342 g/mol. The van der Waals surface area contributed by atoms with Gasteiger partial charge < -0.3 is 9.47 Å². The third-order valence-corrected chi connectivity index (χ3v) is 5.60. The first-order chi connectivity index (χ1) is 11.6. The average Bonchev–Trinajstić information content (AvgIpc) is 3.07. The van der Waals surface area contributed by atoms with Gasteiger partial charge in [-0.3, -0.25) is 0 Å². The predicted octanol–water partition coefficient (Wildman–Crippen LogP) is 4.63. The largest absolute Gasteiger partial charge is 0.410 e.